The van der Waals surface area contributed by atoms with E-state index in [1.807, 2.05) is 27.7 Å². The van der Waals surface area contributed by atoms with Gasteiger partial charge in [0.25, 0.3) is 0 Å². The summed E-state index contributed by atoms with van der Waals surface area (Å²) in [6.07, 6.45) is 0. The van der Waals surface area contributed by atoms with Crippen molar-refractivity contribution in [3.8, 4) is 55.6 Å². The van der Waals surface area contributed by atoms with Gasteiger partial charge in [-0.25, -0.2) is 0 Å². The van der Waals surface area contributed by atoms with E-state index in [2.05, 4.69) is 264 Å². The molecule has 0 saturated carbocycles. The van der Waals surface area contributed by atoms with Gasteiger partial charge in [-0.05, 0) is 154 Å². The van der Waals surface area contributed by atoms with Gasteiger partial charge in [-0.1, -0.05) is 216 Å². The van der Waals surface area contributed by atoms with Crippen LogP contribution in [0.4, 0.5) is 17.1 Å². The maximum Gasteiger partial charge on any atom is 0.0462 e. The van der Waals surface area contributed by atoms with Gasteiger partial charge < -0.3 is 4.90 Å². The van der Waals surface area contributed by atoms with Crippen LogP contribution in [0.3, 0.4) is 0 Å². The van der Waals surface area contributed by atoms with Crippen LogP contribution >= 0.6 is 0 Å². The lowest BCUT2D eigenvalue weighted by atomic mass is 9.88. The second-order valence-corrected chi connectivity index (χ2v) is 15.7. The molecule has 0 bridgehead atoms. The first-order valence-electron chi connectivity index (χ1n) is 23.0. The molecule has 1 nitrogen and oxygen atoms in total. The third kappa shape index (κ3) is 11.8. The van der Waals surface area contributed by atoms with E-state index >= 15 is 0 Å². The Hall–Kier alpha value is -7.48. The van der Waals surface area contributed by atoms with Gasteiger partial charge in [0.05, 0.1) is 0 Å². The Morgan fingerprint density at radius 2 is 0.600 bits per heavy atom. The minimum absolute atomic E-state index is 1.06. The fraction of sp³-hybridized carbons (Fsp3) is 0.125. The maximum atomic E-state index is 4.34. The summed E-state index contributed by atoms with van der Waals surface area (Å²) in [6, 6.07) is 80.3. The Morgan fingerprint density at radius 1 is 0.308 bits per heavy atom. The standard InChI is InChI=1S/C52H41N.C8H10.2C2H6/c1-37(2)50-34-27-46(41-17-11-6-12-18-41)36-52(50)51-35-45(20-19-38(51)3)44-25-32-49(33-26-44)53(47-28-21-42(22-29-47)39-13-7-4-8-14-39)48-30-23-43(24-31-48)40-15-9-5-10-16-40;1-7-5-3-4-6-8(7)2;2*1-2/h4-36H,1H2,2-3H3;3-6H,1-2H3;2*1-2H3. The van der Waals surface area contributed by atoms with Gasteiger partial charge in [-0.3, -0.25) is 0 Å². The third-order valence-corrected chi connectivity index (χ3v) is 11.5. The van der Waals surface area contributed by atoms with E-state index in [4.69, 9.17) is 0 Å². The summed E-state index contributed by atoms with van der Waals surface area (Å²) >= 11 is 0. The number of nitrogens with zero attached hydrogens (tertiary/aromatic N) is 1. The highest BCUT2D eigenvalue weighted by molar-refractivity contribution is 5.88. The predicted octanol–water partition coefficient (Wildman–Crippen LogP) is 19.2. The number of benzene rings is 9. The van der Waals surface area contributed by atoms with Gasteiger partial charge >= 0.3 is 0 Å². The summed E-state index contributed by atoms with van der Waals surface area (Å²) in [5.41, 5.74) is 21.5. The van der Waals surface area contributed by atoms with E-state index in [0.717, 1.165) is 22.6 Å². The summed E-state index contributed by atoms with van der Waals surface area (Å²) in [5, 5.41) is 0. The quantitative estimate of drug-likeness (QED) is 0.140. The molecule has 1 heteroatoms. The van der Waals surface area contributed by atoms with Crippen LogP contribution in [0.5, 0.6) is 0 Å². The predicted molar refractivity (Wildman–Crippen MR) is 286 cm³/mol. The molecule has 0 saturated heterocycles. The second kappa shape index (κ2) is 23.3. The zero-order valence-electron chi connectivity index (χ0n) is 39.5. The van der Waals surface area contributed by atoms with E-state index in [0.29, 0.717) is 0 Å². The van der Waals surface area contributed by atoms with Crippen molar-refractivity contribution in [2.24, 2.45) is 0 Å². The van der Waals surface area contributed by atoms with Crippen LogP contribution in [0.25, 0.3) is 61.2 Å². The van der Waals surface area contributed by atoms with Crippen LogP contribution in [0.2, 0.25) is 0 Å². The van der Waals surface area contributed by atoms with Gasteiger partial charge in [-0.15, -0.1) is 0 Å². The van der Waals surface area contributed by atoms with Crippen molar-refractivity contribution in [1.29, 1.82) is 0 Å². The molecule has 0 aliphatic carbocycles. The van der Waals surface area contributed by atoms with Gasteiger partial charge in [0.1, 0.15) is 0 Å². The van der Waals surface area contributed by atoms with Crippen LogP contribution in [0.15, 0.2) is 231 Å². The van der Waals surface area contributed by atoms with Crippen LogP contribution in [-0.2, 0) is 0 Å². The molecule has 0 unspecified atom stereocenters. The Bertz CT molecular complexity index is 2750. The third-order valence-electron chi connectivity index (χ3n) is 11.5. The topological polar surface area (TPSA) is 3.24 Å². The highest BCUT2D eigenvalue weighted by Gasteiger charge is 2.16. The highest BCUT2D eigenvalue weighted by atomic mass is 15.1. The molecule has 9 aromatic carbocycles. The summed E-state index contributed by atoms with van der Waals surface area (Å²) < 4.78 is 0. The molecule has 0 spiro atoms. The van der Waals surface area contributed by atoms with Gasteiger partial charge in [-0.2, -0.15) is 0 Å². The molecule has 0 aliphatic heterocycles. The molecule has 0 heterocycles. The Labute approximate surface area is 390 Å². The fourth-order valence-electron chi connectivity index (χ4n) is 7.82. The first-order valence-corrected chi connectivity index (χ1v) is 23.0. The van der Waals surface area contributed by atoms with Crippen molar-refractivity contribution in [3.63, 3.8) is 0 Å². The van der Waals surface area contributed by atoms with Gasteiger partial charge in [0, 0.05) is 17.1 Å². The summed E-state index contributed by atoms with van der Waals surface area (Å²) in [6.45, 7) is 20.9. The number of hydrogen-bond donors (Lipinski definition) is 0. The molecule has 0 radical (unpaired) electrons. The summed E-state index contributed by atoms with van der Waals surface area (Å²) in [4.78, 5) is 2.34. The zero-order chi connectivity index (χ0) is 46.1. The largest absolute Gasteiger partial charge is 0.311 e. The van der Waals surface area contributed by atoms with Crippen LogP contribution in [0.1, 0.15) is 56.9 Å². The van der Waals surface area contributed by atoms with E-state index in [1.165, 1.54) is 77.9 Å². The van der Waals surface area contributed by atoms with E-state index in [-0.39, 0.29) is 0 Å². The van der Waals surface area contributed by atoms with Crippen LogP contribution in [0, 0.1) is 20.8 Å². The van der Waals surface area contributed by atoms with E-state index < -0.39 is 0 Å². The van der Waals surface area contributed by atoms with Crippen LogP contribution < -0.4 is 4.90 Å². The molecule has 0 aromatic heterocycles. The monoisotopic (exact) mass is 845 g/mol. The molecule has 324 valence electrons. The molecule has 0 atom stereocenters. The average Bonchev–Trinajstić information content (AvgIpc) is 3.38. The lowest BCUT2D eigenvalue weighted by molar-refractivity contribution is 1.28. The first kappa shape index (κ1) is 47.0. The molecule has 0 fully saturated rings. The molecule has 0 N–H and O–H groups in total. The lowest BCUT2D eigenvalue weighted by Gasteiger charge is -2.26. The molecule has 0 amide bonds. The van der Waals surface area contributed by atoms with Crippen LogP contribution in [-0.4, -0.2) is 0 Å². The Morgan fingerprint density at radius 3 is 0.969 bits per heavy atom. The van der Waals surface area contributed by atoms with Gasteiger partial charge in [0.2, 0.25) is 0 Å². The number of aryl methyl sites for hydroxylation is 3. The number of allylic oxidation sites excluding steroid dienone is 1. The lowest BCUT2D eigenvalue weighted by Crippen LogP contribution is -2.09. The first-order chi connectivity index (χ1) is 31.8. The molecule has 65 heavy (non-hydrogen) atoms. The normalized spacial score (nSPS) is 10.2. The SMILES string of the molecule is C=C(C)c1ccc(-c2ccccc2)cc1-c1cc(-c2ccc(N(c3ccc(-c4ccccc4)cc3)c3ccc(-c4ccccc4)cc3)cc2)ccc1C.CC.CC.Cc1ccccc1C. The molecular formula is C64H63N. The Kier molecular flexibility index (Phi) is 16.8. The van der Waals surface area contributed by atoms with Crippen molar-refractivity contribution < 1.29 is 0 Å². The number of rotatable bonds is 9. The van der Waals surface area contributed by atoms with Crippen molar-refractivity contribution in [2.45, 2.75) is 55.4 Å². The number of anilines is 3. The smallest absolute Gasteiger partial charge is 0.0462 e. The fourth-order valence-corrected chi connectivity index (χ4v) is 7.82. The Balaban J connectivity index is 0.000000517. The molecular weight excluding hydrogens is 783 g/mol. The minimum atomic E-state index is 1.06. The molecule has 9 aromatic rings. The van der Waals surface area contributed by atoms with E-state index in [9.17, 15) is 0 Å². The van der Waals surface area contributed by atoms with Gasteiger partial charge in [0.15, 0.2) is 0 Å². The highest BCUT2D eigenvalue weighted by Crippen LogP contribution is 2.40. The number of hydrogen-bond acceptors (Lipinski definition) is 1. The molecule has 9 rings (SSSR count). The van der Waals surface area contributed by atoms with Crippen molar-refractivity contribution in [2.75, 3.05) is 4.90 Å². The average molecular weight is 846 g/mol. The maximum absolute atomic E-state index is 4.34. The zero-order valence-corrected chi connectivity index (χ0v) is 39.5. The van der Waals surface area contributed by atoms with E-state index in [1.54, 1.807) is 0 Å². The minimum Gasteiger partial charge on any atom is -0.311 e. The second-order valence-electron chi connectivity index (χ2n) is 15.7. The van der Waals surface area contributed by atoms with Crippen molar-refractivity contribution in [1.82, 2.24) is 0 Å². The van der Waals surface area contributed by atoms with Crippen molar-refractivity contribution >= 4 is 22.6 Å². The van der Waals surface area contributed by atoms with Crippen molar-refractivity contribution in [3.05, 3.63) is 253 Å². The summed E-state index contributed by atoms with van der Waals surface area (Å²) in [5.74, 6) is 0. The molecule has 0 aliphatic rings. The summed E-state index contributed by atoms with van der Waals surface area (Å²) in [7, 11) is 0.